The largest absolute Gasteiger partial charge is 0.497 e. The Morgan fingerprint density at radius 3 is 2.36 bits per heavy atom. The minimum atomic E-state index is -1.52. The molecule has 6 atom stereocenters. The molecule has 2 heterocycles. The number of carbonyl (C=O) groups is 5. The fourth-order valence-corrected chi connectivity index (χ4v) is 8.05. The lowest BCUT2D eigenvalue weighted by atomic mass is 9.83. The van der Waals surface area contributed by atoms with Gasteiger partial charge in [-0.1, -0.05) is 69.5 Å². The fraction of sp³-hybridized carbons (Fsp3) is 0.476. The molecule has 2 saturated carbocycles. The topological polar surface area (TPSA) is 176 Å². The number of pyridine rings is 1. The van der Waals surface area contributed by atoms with E-state index in [4.69, 9.17) is 14.5 Å². The van der Waals surface area contributed by atoms with Gasteiger partial charge in [0.1, 0.15) is 41.3 Å². The number of carbonyl (C=O) groups excluding carboxylic acids is 4. The zero-order valence-corrected chi connectivity index (χ0v) is 31.9. The second kappa shape index (κ2) is 16.5. The molecule has 2 aromatic carbocycles. The normalized spacial score (nSPS) is 23.4. The van der Waals surface area contributed by atoms with Crippen molar-refractivity contribution in [3.63, 3.8) is 0 Å². The summed E-state index contributed by atoms with van der Waals surface area (Å²) in [7, 11) is 1.57. The Morgan fingerprint density at radius 1 is 1.02 bits per heavy atom. The molecule has 3 aromatic rings. The van der Waals surface area contributed by atoms with Crippen molar-refractivity contribution >= 4 is 40.5 Å². The van der Waals surface area contributed by atoms with Crippen molar-refractivity contribution in [3.05, 3.63) is 67.3 Å². The standard InChI is InChI=1S/C42H51N5O8/c1-6-28-22-42(28,41(52)53)46-38(49)34-20-30(55-35-21-32(26-13-9-7-10-14-26)44-33-19-29(54-5)17-18-31(33)35)23-47(34)40(51)36(24(2)3)45-39(50)37(43-25(4)48)27-15-11-8-12-16-27/h6-7,9-10,13-14,17-19,21,24,27-28,30,34,36-37H,1,8,11-12,15-16,20,22-23H2,2-5H3,(H,43,48)(H,45,50)(H,46,49)(H,52,53)/t28-,30-,34-,36+,37+,42-/m1/s1. The number of aliphatic carboxylic acids is 1. The number of ether oxygens (including phenoxy) is 2. The van der Waals surface area contributed by atoms with Crippen LogP contribution in [-0.2, 0) is 24.0 Å². The first-order valence-electron chi connectivity index (χ1n) is 19.1. The van der Waals surface area contributed by atoms with Crippen molar-refractivity contribution in [2.45, 2.75) is 95.5 Å². The van der Waals surface area contributed by atoms with Gasteiger partial charge in [0.05, 0.1) is 24.9 Å². The Labute approximate surface area is 321 Å². The monoisotopic (exact) mass is 753 g/mol. The molecule has 292 valence electrons. The summed E-state index contributed by atoms with van der Waals surface area (Å²) in [6, 6.07) is 13.9. The summed E-state index contributed by atoms with van der Waals surface area (Å²) in [6.07, 6.45) is 5.59. The highest BCUT2D eigenvalue weighted by Crippen LogP contribution is 2.45. The summed E-state index contributed by atoms with van der Waals surface area (Å²) in [4.78, 5) is 73.5. The summed E-state index contributed by atoms with van der Waals surface area (Å²) in [5, 5.41) is 19.3. The van der Waals surface area contributed by atoms with Gasteiger partial charge in [0.25, 0.3) is 0 Å². The first-order chi connectivity index (χ1) is 26.3. The van der Waals surface area contributed by atoms with Crippen LogP contribution in [0.3, 0.4) is 0 Å². The molecule has 3 fully saturated rings. The third-order valence-corrected chi connectivity index (χ3v) is 11.2. The van der Waals surface area contributed by atoms with E-state index >= 15 is 0 Å². The Morgan fingerprint density at radius 2 is 1.75 bits per heavy atom. The molecule has 0 radical (unpaired) electrons. The van der Waals surface area contributed by atoms with E-state index in [2.05, 4.69) is 22.5 Å². The van der Waals surface area contributed by atoms with Crippen LogP contribution in [0.4, 0.5) is 0 Å². The van der Waals surface area contributed by atoms with Crippen LogP contribution in [-0.4, -0.2) is 88.0 Å². The van der Waals surface area contributed by atoms with Gasteiger partial charge in [-0.05, 0) is 43.2 Å². The molecule has 0 bridgehead atoms. The van der Waals surface area contributed by atoms with Crippen molar-refractivity contribution in [3.8, 4) is 22.8 Å². The first kappa shape index (κ1) is 39.2. The summed E-state index contributed by atoms with van der Waals surface area (Å²) in [5.41, 5.74) is 0.615. The number of fused-ring (bicyclic) bond motifs is 1. The molecule has 0 unspecified atom stereocenters. The van der Waals surface area contributed by atoms with Crippen LogP contribution in [0, 0.1) is 17.8 Å². The number of hydrogen-bond donors (Lipinski definition) is 4. The highest BCUT2D eigenvalue weighted by atomic mass is 16.5. The number of carboxylic acids is 1. The van der Waals surface area contributed by atoms with Crippen LogP contribution < -0.4 is 25.4 Å². The van der Waals surface area contributed by atoms with Gasteiger partial charge in [0.2, 0.25) is 23.6 Å². The molecule has 3 aliphatic rings. The molecule has 6 rings (SSSR count). The van der Waals surface area contributed by atoms with E-state index in [9.17, 15) is 29.1 Å². The molecular weight excluding hydrogens is 702 g/mol. The number of hydrogen-bond acceptors (Lipinski definition) is 8. The molecular formula is C42H51N5O8. The van der Waals surface area contributed by atoms with Crippen LogP contribution in [0.25, 0.3) is 22.2 Å². The van der Waals surface area contributed by atoms with Gasteiger partial charge in [-0.3, -0.25) is 19.2 Å². The Hall–Kier alpha value is -5.46. The molecule has 4 N–H and O–H groups in total. The average Bonchev–Trinajstić information content (AvgIpc) is 3.75. The van der Waals surface area contributed by atoms with Gasteiger partial charge in [-0.25, -0.2) is 9.78 Å². The van der Waals surface area contributed by atoms with E-state index < -0.39 is 65.3 Å². The lowest BCUT2D eigenvalue weighted by molar-refractivity contribution is -0.146. The van der Waals surface area contributed by atoms with Crippen LogP contribution in [0.5, 0.6) is 11.5 Å². The van der Waals surface area contributed by atoms with E-state index in [0.29, 0.717) is 28.1 Å². The van der Waals surface area contributed by atoms with E-state index in [1.54, 1.807) is 27.0 Å². The Kier molecular flexibility index (Phi) is 11.8. The van der Waals surface area contributed by atoms with Crippen LogP contribution in [0.15, 0.2) is 67.3 Å². The number of carboxylic acid groups (broad SMARTS) is 1. The zero-order chi connectivity index (χ0) is 39.4. The molecule has 1 aliphatic heterocycles. The maximum atomic E-state index is 14.6. The summed E-state index contributed by atoms with van der Waals surface area (Å²) < 4.78 is 12.1. The van der Waals surface area contributed by atoms with E-state index in [1.807, 2.05) is 48.5 Å². The molecule has 1 saturated heterocycles. The number of rotatable bonds is 14. The van der Waals surface area contributed by atoms with Crippen LogP contribution in [0.2, 0.25) is 0 Å². The number of likely N-dealkylation sites (tertiary alicyclic amines) is 1. The summed E-state index contributed by atoms with van der Waals surface area (Å²) in [6.45, 7) is 8.69. The van der Waals surface area contributed by atoms with Crippen LogP contribution in [0.1, 0.15) is 65.7 Å². The molecule has 13 heteroatoms. The minimum Gasteiger partial charge on any atom is -0.497 e. The SMILES string of the molecule is C=C[C@@H]1C[C@]1(NC(=O)[C@H]1C[C@@H](Oc2cc(-c3ccccc3)nc3cc(OC)ccc23)CN1C(=O)[C@@H](NC(=O)[C@@H](NC(C)=O)C1CCCCC1)C(C)C)C(=O)O. The molecule has 55 heavy (non-hydrogen) atoms. The summed E-state index contributed by atoms with van der Waals surface area (Å²) >= 11 is 0. The average molecular weight is 754 g/mol. The maximum Gasteiger partial charge on any atom is 0.330 e. The number of nitrogens with zero attached hydrogens (tertiary/aromatic N) is 2. The number of nitrogens with one attached hydrogen (secondary N) is 3. The highest BCUT2D eigenvalue weighted by molar-refractivity contribution is 5.97. The van der Waals surface area contributed by atoms with Crippen molar-refractivity contribution in [2.75, 3.05) is 13.7 Å². The molecule has 0 spiro atoms. The van der Waals surface area contributed by atoms with Gasteiger partial charge in [-0.15, -0.1) is 6.58 Å². The molecule has 13 nitrogen and oxygen atoms in total. The fourth-order valence-electron chi connectivity index (χ4n) is 8.05. The lowest BCUT2D eigenvalue weighted by Gasteiger charge is -2.34. The van der Waals surface area contributed by atoms with Crippen molar-refractivity contribution in [1.82, 2.24) is 25.8 Å². The first-order valence-corrected chi connectivity index (χ1v) is 19.1. The molecule has 4 amide bonds. The van der Waals surface area contributed by atoms with Crippen molar-refractivity contribution in [1.29, 1.82) is 0 Å². The van der Waals surface area contributed by atoms with E-state index in [0.717, 1.165) is 37.7 Å². The number of benzene rings is 2. The third kappa shape index (κ3) is 8.45. The van der Waals surface area contributed by atoms with Crippen LogP contribution >= 0.6 is 0 Å². The van der Waals surface area contributed by atoms with E-state index in [1.165, 1.54) is 17.9 Å². The number of aromatic nitrogens is 1. The quantitative estimate of drug-likeness (QED) is 0.171. The van der Waals surface area contributed by atoms with Gasteiger partial charge in [0.15, 0.2) is 0 Å². The lowest BCUT2D eigenvalue weighted by Crippen LogP contribution is -2.60. The van der Waals surface area contributed by atoms with Crippen molar-refractivity contribution in [2.24, 2.45) is 17.8 Å². The number of methoxy groups -OCH3 is 1. The smallest absolute Gasteiger partial charge is 0.330 e. The van der Waals surface area contributed by atoms with Gasteiger partial charge < -0.3 is 35.4 Å². The molecule has 2 aliphatic carbocycles. The zero-order valence-electron chi connectivity index (χ0n) is 31.9. The third-order valence-electron chi connectivity index (χ3n) is 11.2. The Bertz CT molecular complexity index is 1950. The van der Waals surface area contributed by atoms with E-state index in [-0.39, 0.29) is 31.2 Å². The predicted molar refractivity (Wildman–Crippen MR) is 206 cm³/mol. The number of amides is 4. The Balaban J connectivity index is 1.32. The van der Waals surface area contributed by atoms with Gasteiger partial charge in [0, 0.05) is 42.3 Å². The maximum absolute atomic E-state index is 14.6. The van der Waals surface area contributed by atoms with Crippen molar-refractivity contribution < 1.29 is 38.6 Å². The molecule has 1 aromatic heterocycles. The minimum absolute atomic E-state index is 0.0145. The highest BCUT2D eigenvalue weighted by Gasteiger charge is 2.61. The summed E-state index contributed by atoms with van der Waals surface area (Å²) in [5.74, 6) is -2.93. The van der Waals surface area contributed by atoms with Gasteiger partial charge >= 0.3 is 5.97 Å². The second-order valence-electron chi connectivity index (χ2n) is 15.4. The predicted octanol–water partition coefficient (Wildman–Crippen LogP) is 4.63. The second-order valence-corrected chi connectivity index (χ2v) is 15.4. The van der Waals surface area contributed by atoms with Gasteiger partial charge in [-0.2, -0.15) is 0 Å².